The number of phenolic OH excluding ortho intramolecular Hbond substituents is 1. The van der Waals surface area contributed by atoms with Crippen LogP contribution in [0.3, 0.4) is 0 Å². The Labute approximate surface area is 466 Å². The van der Waals surface area contributed by atoms with E-state index in [-0.39, 0.29) is 62.2 Å². The smallest absolute Gasteiger partial charge is 0.326 e. The zero-order valence-electron chi connectivity index (χ0n) is 44.9. The van der Waals surface area contributed by atoms with Gasteiger partial charge in [0.2, 0.25) is 65.0 Å². The lowest BCUT2D eigenvalue weighted by Gasteiger charge is -2.28. The number of carbonyl (C=O) groups is 13. The highest BCUT2D eigenvalue weighted by Crippen LogP contribution is 2.14. The second kappa shape index (κ2) is 35.3. The van der Waals surface area contributed by atoms with Crippen LogP contribution in [0, 0.1) is 11.8 Å². The van der Waals surface area contributed by atoms with E-state index in [4.69, 9.17) is 34.4 Å². The number of nitrogens with two attached hydrogens (primary N) is 6. The monoisotopic (exact) mass is 1150 g/mol. The van der Waals surface area contributed by atoms with E-state index in [9.17, 15) is 77.6 Å². The number of phenols is 1. The molecule has 0 bridgehead atoms. The van der Waals surface area contributed by atoms with Crippen molar-refractivity contribution in [3.05, 3.63) is 29.8 Å². The first-order chi connectivity index (χ1) is 37.3. The number of benzene rings is 1. The van der Waals surface area contributed by atoms with Gasteiger partial charge in [0.15, 0.2) is 5.96 Å². The number of thiol groups is 1. The number of hydrogen-bond acceptors (Lipinski definition) is 17. The number of amides is 11. The average molecular weight is 1150 g/mol. The van der Waals surface area contributed by atoms with Crippen molar-refractivity contribution in [3.63, 3.8) is 0 Å². The minimum absolute atomic E-state index is 0.0160. The number of nitrogens with zero attached hydrogens (tertiary/aromatic N) is 1. The second-order valence-corrected chi connectivity index (χ2v) is 19.8. The molecule has 0 saturated heterocycles. The van der Waals surface area contributed by atoms with Crippen LogP contribution in [0.15, 0.2) is 29.3 Å². The van der Waals surface area contributed by atoms with Crippen LogP contribution in [0.2, 0.25) is 0 Å². The first kappa shape index (κ1) is 69.7. The van der Waals surface area contributed by atoms with Crippen molar-refractivity contribution in [2.45, 2.75) is 153 Å². The number of primary amides is 3. The van der Waals surface area contributed by atoms with E-state index >= 15 is 0 Å². The molecule has 0 aliphatic carbocycles. The molecule has 446 valence electrons. The second-order valence-electron chi connectivity index (χ2n) is 19.5. The van der Waals surface area contributed by atoms with Gasteiger partial charge in [-0.3, -0.25) is 62.5 Å². The standard InChI is InChI=1S/C48H77N15O16S/c1-22(2)16-26(49)39(70)56-29(12-14-38(68)69)41(72)58-28(11-13-35(50)65)42(73)59-30(17-23(3)4)43(74)57-27(6-5-15-55-48(53)54)40(71)61-32(19-36(51)66)45(76)60-31(18-24-7-9-25(64)10-8-24)44(75)63-34(21-80)46(77)62-33(47(78)79)20-37(52)67/h7-10,22-23,26-34,64,80H,5-6,11-21,49H2,1-4H3,(H2,50,65)(H2,51,66)(H2,52,67)(H,56,70)(H,57,74)(H,58,72)(H,59,73)(H,60,76)(H,61,71)(H,62,77)(H,63,75)(H,68,69)(H,78,79)(H4,53,54,55)/t26-,27-,28-,29-,30-,31-,32-,33-,34-/m0/s1. The molecular weight excluding hydrogens is 1070 g/mol. The molecule has 80 heavy (non-hydrogen) atoms. The van der Waals surface area contributed by atoms with Crippen molar-refractivity contribution in [2.75, 3.05) is 12.3 Å². The number of aliphatic imine (C=N–C) groups is 1. The number of rotatable bonds is 38. The zero-order valence-corrected chi connectivity index (χ0v) is 45.8. The largest absolute Gasteiger partial charge is 0.508 e. The number of carbonyl (C=O) groups excluding carboxylic acids is 11. The van der Waals surface area contributed by atoms with Gasteiger partial charge in [-0.05, 0) is 68.1 Å². The van der Waals surface area contributed by atoms with Crippen LogP contribution in [0.5, 0.6) is 5.75 Å². The summed E-state index contributed by atoms with van der Waals surface area (Å²) in [6.45, 7) is 6.85. The van der Waals surface area contributed by atoms with E-state index < -0.39 is 176 Å². The van der Waals surface area contributed by atoms with Gasteiger partial charge in [-0.2, -0.15) is 12.6 Å². The summed E-state index contributed by atoms with van der Waals surface area (Å²) in [6, 6.07) is -9.03. The van der Waals surface area contributed by atoms with Crippen molar-refractivity contribution < 1.29 is 77.6 Å². The summed E-state index contributed by atoms with van der Waals surface area (Å²) in [7, 11) is 0. The summed E-state index contributed by atoms with van der Waals surface area (Å²) in [5.41, 5.74) is 33.2. The fraction of sp³-hybridized carbons (Fsp3) is 0.583. The number of aromatic hydroxyl groups is 1. The maximum atomic E-state index is 14.3. The van der Waals surface area contributed by atoms with E-state index in [1.807, 2.05) is 0 Å². The molecule has 11 amide bonds. The van der Waals surface area contributed by atoms with Gasteiger partial charge in [0.25, 0.3) is 0 Å². The van der Waals surface area contributed by atoms with E-state index in [0.717, 1.165) is 0 Å². The molecule has 9 atom stereocenters. The van der Waals surface area contributed by atoms with Crippen LogP contribution in [-0.4, -0.2) is 165 Å². The predicted molar refractivity (Wildman–Crippen MR) is 288 cm³/mol. The molecule has 0 fully saturated rings. The highest BCUT2D eigenvalue weighted by atomic mass is 32.1. The van der Waals surface area contributed by atoms with E-state index in [0.29, 0.717) is 5.56 Å². The molecule has 32 heteroatoms. The van der Waals surface area contributed by atoms with Gasteiger partial charge >= 0.3 is 11.9 Å². The Bertz CT molecular complexity index is 2390. The van der Waals surface area contributed by atoms with Gasteiger partial charge in [0.05, 0.1) is 18.9 Å². The molecule has 0 aromatic heterocycles. The van der Waals surface area contributed by atoms with Crippen LogP contribution < -0.4 is 76.9 Å². The molecule has 1 aromatic carbocycles. The SMILES string of the molecule is CC(C)C[C@H](NC(=O)[C@H](CCC(N)=O)NC(=O)[C@H](CCC(=O)O)NC(=O)[C@@H](N)CC(C)C)C(=O)N[C@@H](CCCN=C(N)N)C(=O)N[C@@H](CC(N)=O)C(=O)N[C@@H](Cc1ccc(O)cc1)C(=O)N[C@@H](CS)C(=O)N[C@@H](CC(N)=O)C(=O)O. The van der Waals surface area contributed by atoms with Gasteiger partial charge in [-0.1, -0.05) is 39.8 Å². The highest BCUT2D eigenvalue weighted by Gasteiger charge is 2.36. The molecule has 1 rings (SSSR count). The number of aliphatic carboxylic acids is 2. The van der Waals surface area contributed by atoms with Gasteiger partial charge in [-0.15, -0.1) is 0 Å². The van der Waals surface area contributed by atoms with Crippen molar-refractivity contribution in [1.29, 1.82) is 0 Å². The molecular formula is C48H77N15O16S. The fourth-order valence-electron chi connectivity index (χ4n) is 7.45. The quantitative estimate of drug-likeness (QED) is 0.0127. The summed E-state index contributed by atoms with van der Waals surface area (Å²) in [6.07, 6.45) is -4.25. The Balaban J connectivity index is 3.68. The Morgan fingerprint density at radius 3 is 1.38 bits per heavy atom. The lowest BCUT2D eigenvalue weighted by molar-refractivity contribution is -0.143. The number of guanidine groups is 1. The Kier molecular flexibility index (Phi) is 30.7. The van der Waals surface area contributed by atoms with E-state index in [1.54, 1.807) is 27.7 Å². The van der Waals surface area contributed by atoms with Crippen molar-refractivity contribution in [2.24, 2.45) is 51.2 Å². The third-order valence-electron chi connectivity index (χ3n) is 11.5. The minimum atomic E-state index is -1.89. The topological polar surface area (TPSA) is 547 Å². The van der Waals surface area contributed by atoms with Gasteiger partial charge in [0, 0.05) is 31.6 Å². The number of nitrogens with one attached hydrogen (secondary N) is 8. The summed E-state index contributed by atoms with van der Waals surface area (Å²) in [4.78, 5) is 173. The lowest BCUT2D eigenvalue weighted by atomic mass is 10.0. The third-order valence-corrected chi connectivity index (χ3v) is 11.8. The molecule has 1 aromatic rings. The van der Waals surface area contributed by atoms with Crippen molar-refractivity contribution >= 4 is 95.5 Å². The Morgan fingerprint density at radius 1 is 0.500 bits per heavy atom. The average Bonchev–Trinajstić information content (AvgIpc) is 3.34. The summed E-state index contributed by atoms with van der Waals surface area (Å²) in [5.74, 6) is -15.8. The number of carboxylic acids is 2. The Hall–Kier alpha value is -8.29. The molecule has 0 spiro atoms. The van der Waals surface area contributed by atoms with Crippen LogP contribution in [-0.2, 0) is 68.7 Å². The lowest BCUT2D eigenvalue weighted by Crippen LogP contribution is -2.61. The molecule has 0 aliphatic rings. The molecule has 23 N–H and O–H groups in total. The summed E-state index contributed by atoms with van der Waals surface area (Å²) >= 11 is 4.07. The minimum Gasteiger partial charge on any atom is -0.508 e. The van der Waals surface area contributed by atoms with E-state index in [2.05, 4.69) is 60.2 Å². The fourth-order valence-corrected chi connectivity index (χ4v) is 7.71. The molecule has 0 unspecified atom stereocenters. The van der Waals surface area contributed by atoms with Gasteiger partial charge in [0.1, 0.15) is 54.1 Å². The summed E-state index contributed by atoms with van der Waals surface area (Å²) in [5, 5.41) is 47.7. The molecule has 0 aliphatic heterocycles. The Morgan fingerprint density at radius 2 is 0.900 bits per heavy atom. The summed E-state index contributed by atoms with van der Waals surface area (Å²) < 4.78 is 0. The van der Waals surface area contributed by atoms with Crippen LogP contribution >= 0.6 is 12.6 Å². The molecule has 0 saturated carbocycles. The number of carboxylic acid groups (broad SMARTS) is 2. The third kappa shape index (κ3) is 27.8. The van der Waals surface area contributed by atoms with Crippen molar-refractivity contribution in [1.82, 2.24) is 42.5 Å². The van der Waals surface area contributed by atoms with Crippen molar-refractivity contribution in [3.8, 4) is 5.75 Å². The van der Waals surface area contributed by atoms with Crippen LogP contribution in [0.4, 0.5) is 0 Å². The van der Waals surface area contributed by atoms with Gasteiger partial charge < -0.3 is 92.3 Å². The molecule has 0 radical (unpaired) electrons. The van der Waals surface area contributed by atoms with Crippen LogP contribution in [0.1, 0.15) is 97.5 Å². The van der Waals surface area contributed by atoms with Gasteiger partial charge in [-0.25, -0.2) is 4.79 Å². The number of hydrogen-bond donors (Lipinski definition) is 18. The predicted octanol–water partition coefficient (Wildman–Crippen LogP) is -5.82. The van der Waals surface area contributed by atoms with E-state index in [1.165, 1.54) is 24.3 Å². The first-order valence-corrected chi connectivity index (χ1v) is 25.9. The molecule has 0 heterocycles. The maximum absolute atomic E-state index is 14.3. The zero-order chi connectivity index (χ0) is 61.0. The highest BCUT2D eigenvalue weighted by molar-refractivity contribution is 7.80. The maximum Gasteiger partial charge on any atom is 0.326 e. The normalized spacial score (nSPS) is 14.3. The molecule has 31 nitrogen and oxygen atoms in total. The van der Waals surface area contributed by atoms with Crippen LogP contribution in [0.25, 0.3) is 0 Å². The first-order valence-electron chi connectivity index (χ1n) is 25.3.